The Kier molecular flexibility index (Phi) is 7.22. The number of halogens is 2. The van der Waals surface area contributed by atoms with Gasteiger partial charge in [-0.15, -0.1) is 30.0 Å². The Morgan fingerprint density at radius 3 is 1.39 bits per heavy atom. The smallest absolute Gasteiger partial charge is 0.146 e. The fourth-order valence-corrected chi connectivity index (χ4v) is 5.13. The zero-order chi connectivity index (χ0) is 28.7. The highest BCUT2D eigenvalue weighted by Crippen LogP contribution is 2.35. The van der Waals surface area contributed by atoms with E-state index < -0.39 is 0 Å². The van der Waals surface area contributed by atoms with E-state index in [1.54, 1.807) is 60.7 Å². The number of aromatic nitrogens is 6. The van der Waals surface area contributed by atoms with Crippen molar-refractivity contribution < 1.29 is 20.4 Å². The second kappa shape index (κ2) is 11.0. The lowest BCUT2D eigenvalue weighted by Gasteiger charge is -2.15. The van der Waals surface area contributed by atoms with Crippen LogP contribution in [0.25, 0.3) is 33.4 Å². The number of phenolic OH excluding ortho intramolecular Hbond substituents is 2. The molecule has 4 aromatic carbocycles. The second-order valence-corrected chi connectivity index (χ2v) is 10.5. The monoisotopic (exact) mass is 590 g/mol. The van der Waals surface area contributed by atoms with Gasteiger partial charge in [0.1, 0.15) is 44.9 Å². The Balaban J connectivity index is 1.46. The standard InChI is InChI=1S/C29H24Cl2N6O4/c30-20-1-3-22-24(14-20)34-36(32-22)26-11-16(5-7-38)9-18(28(26)40)13-19-10-17(6-8-39)12-27(29(19)41)37-33-23-4-2-21(31)15-25(23)35-37/h1-4,9-12,14-15,38-41H,5-8,13H2. The summed E-state index contributed by atoms with van der Waals surface area (Å²) in [6.07, 6.45) is 0.789. The first kappa shape index (κ1) is 27.0. The van der Waals surface area contributed by atoms with Gasteiger partial charge in [-0.1, -0.05) is 35.3 Å². The summed E-state index contributed by atoms with van der Waals surface area (Å²) in [5.74, 6) is -0.159. The molecule has 0 radical (unpaired) electrons. The van der Waals surface area contributed by atoms with Gasteiger partial charge in [-0.3, -0.25) is 0 Å². The van der Waals surface area contributed by atoms with E-state index in [1.807, 2.05) is 0 Å². The van der Waals surface area contributed by atoms with Crippen LogP contribution in [0.3, 0.4) is 0 Å². The van der Waals surface area contributed by atoms with E-state index in [2.05, 4.69) is 20.4 Å². The first-order valence-electron chi connectivity index (χ1n) is 12.8. The van der Waals surface area contributed by atoms with Crippen molar-refractivity contribution in [2.75, 3.05) is 13.2 Å². The number of phenols is 2. The average molecular weight is 591 g/mol. The molecular formula is C29H24Cl2N6O4. The highest BCUT2D eigenvalue weighted by Gasteiger charge is 2.20. The highest BCUT2D eigenvalue weighted by molar-refractivity contribution is 6.31. The average Bonchev–Trinajstić information content (AvgIpc) is 3.55. The van der Waals surface area contributed by atoms with Gasteiger partial charge in [0.05, 0.1) is 0 Å². The van der Waals surface area contributed by atoms with Gasteiger partial charge < -0.3 is 20.4 Å². The zero-order valence-electron chi connectivity index (χ0n) is 21.5. The van der Waals surface area contributed by atoms with E-state index in [9.17, 15) is 20.4 Å². The number of aromatic hydroxyl groups is 2. The van der Waals surface area contributed by atoms with Crippen LogP contribution < -0.4 is 0 Å². The lowest BCUT2D eigenvalue weighted by atomic mass is 9.96. The topological polar surface area (TPSA) is 142 Å². The maximum atomic E-state index is 11.4. The fraction of sp³-hybridized carbons (Fsp3) is 0.172. The van der Waals surface area contributed by atoms with Crippen LogP contribution in [0.15, 0.2) is 60.7 Å². The Bertz CT molecular complexity index is 1780. The summed E-state index contributed by atoms with van der Waals surface area (Å²) in [6, 6.07) is 17.2. The summed E-state index contributed by atoms with van der Waals surface area (Å²) in [6.45, 7) is -0.199. The molecule has 208 valence electrons. The lowest BCUT2D eigenvalue weighted by Crippen LogP contribution is -2.06. The minimum atomic E-state index is -0.0995. The first-order chi connectivity index (χ1) is 19.8. The molecular weight excluding hydrogens is 567 g/mol. The second-order valence-electron chi connectivity index (χ2n) is 9.61. The van der Waals surface area contributed by atoms with E-state index in [0.717, 1.165) is 11.1 Å². The largest absolute Gasteiger partial charge is 0.505 e. The van der Waals surface area contributed by atoms with E-state index in [4.69, 9.17) is 23.2 Å². The van der Waals surface area contributed by atoms with Gasteiger partial charge in [-0.2, -0.15) is 0 Å². The van der Waals surface area contributed by atoms with Crippen molar-refractivity contribution in [1.82, 2.24) is 30.0 Å². The summed E-state index contributed by atoms with van der Waals surface area (Å²) in [5, 5.41) is 61.1. The Hall–Kier alpha value is -4.22. The summed E-state index contributed by atoms with van der Waals surface area (Å²) in [4.78, 5) is 2.66. The summed E-state index contributed by atoms with van der Waals surface area (Å²) in [7, 11) is 0. The number of aliphatic hydroxyl groups is 2. The van der Waals surface area contributed by atoms with E-state index >= 15 is 0 Å². The number of benzene rings is 4. The van der Waals surface area contributed by atoms with Gasteiger partial charge in [-0.05, 0) is 72.5 Å². The van der Waals surface area contributed by atoms with Crippen LogP contribution in [0.5, 0.6) is 11.5 Å². The van der Waals surface area contributed by atoms with Crippen molar-refractivity contribution in [3.8, 4) is 22.9 Å². The van der Waals surface area contributed by atoms with Crippen molar-refractivity contribution in [2.24, 2.45) is 0 Å². The minimum Gasteiger partial charge on any atom is -0.505 e. The van der Waals surface area contributed by atoms with Gasteiger partial charge in [0.25, 0.3) is 0 Å². The predicted molar refractivity (Wildman–Crippen MR) is 155 cm³/mol. The summed E-state index contributed by atoms with van der Waals surface area (Å²) < 4.78 is 0. The number of hydrogen-bond acceptors (Lipinski definition) is 8. The van der Waals surface area contributed by atoms with Crippen molar-refractivity contribution in [2.45, 2.75) is 19.3 Å². The fourth-order valence-electron chi connectivity index (χ4n) is 4.80. The number of rotatable bonds is 8. The molecule has 2 aromatic heterocycles. The summed E-state index contributed by atoms with van der Waals surface area (Å²) >= 11 is 12.2. The molecule has 2 heterocycles. The molecule has 0 fully saturated rings. The molecule has 0 unspecified atom stereocenters. The van der Waals surface area contributed by atoms with Crippen LogP contribution >= 0.6 is 23.2 Å². The van der Waals surface area contributed by atoms with Crippen molar-refractivity contribution >= 4 is 45.3 Å². The van der Waals surface area contributed by atoms with Gasteiger partial charge in [-0.25, -0.2) is 0 Å². The highest BCUT2D eigenvalue weighted by atomic mass is 35.5. The van der Waals surface area contributed by atoms with Crippen LogP contribution in [0.2, 0.25) is 10.0 Å². The Morgan fingerprint density at radius 1 is 0.561 bits per heavy atom. The van der Waals surface area contributed by atoms with Gasteiger partial charge in [0, 0.05) is 40.8 Å². The molecule has 0 amide bonds. The number of nitrogens with zero attached hydrogens (tertiary/aromatic N) is 6. The minimum absolute atomic E-state index is 0.0794. The molecule has 4 N–H and O–H groups in total. The number of aliphatic hydroxyl groups excluding tert-OH is 2. The molecule has 6 aromatic rings. The third-order valence-electron chi connectivity index (χ3n) is 6.75. The van der Waals surface area contributed by atoms with Crippen molar-refractivity contribution in [3.05, 3.63) is 93.0 Å². The van der Waals surface area contributed by atoms with Gasteiger partial charge >= 0.3 is 0 Å². The Labute approximate surface area is 243 Å². The third-order valence-corrected chi connectivity index (χ3v) is 7.22. The van der Waals surface area contributed by atoms with Gasteiger partial charge in [0.2, 0.25) is 0 Å². The van der Waals surface area contributed by atoms with Crippen LogP contribution in [-0.2, 0) is 19.3 Å². The lowest BCUT2D eigenvalue weighted by molar-refractivity contribution is 0.299. The molecule has 0 saturated carbocycles. The van der Waals surface area contributed by atoms with Crippen molar-refractivity contribution in [1.29, 1.82) is 0 Å². The zero-order valence-corrected chi connectivity index (χ0v) is 23.0. The maximum absolute atomic E-state index is 11.4. The molecule has 0 bridgehead atoms. The van der Waals surface area contributed by atoms with Crippen molar-refractivity contribution in [3.63, 3.8) is 0 Å². The van der Waals surface area contributed by atoms with E-state index in [0.29, 0.717) is 67.5 Å². The van der Waals surface area contributed by atoms with Gasteiger partial charge in [0.15, 0.2) is 0 Å². The molecule has 0 aliphatic heterocycles. The van der Waals surface area contributed by atoms with Crippen LogP contribution in [0.4, 0.5) is 0 Å². The SMILES string of the molecule is OCCc1cc(Cc2cc(CCO)cc(-n3nc4ccc(Cl)cc4n3)c2O)c(O)c(-n2nc3ccc(Cl)cc3n2)c1. The van der Waals surface area contributed by atoms with E-state index in [1.165, 1.54) is 9.59 Å². The number of fused-ring (bicyclic) bond motifs is 2. The Morgan fingerprint density at radius 2 is 0.976 bits per heavy atom. The first-order valence-corrected chi connectivity index (χ1v) is 13.6. The number of hydrogen-bond donors (Lipinski definition) is 4. The molecule has 12 heteroatoms. The quantitative estimate of drug-likeness (QED) is 0.202. The normalized spacial score (nSPS) is 11.6. The molecule has 0 spiro atoms. The molecule has 6 rings (SSSR count). The molecule has 41 heavy (non-hydrogen) atoms. The molecule has 0 atom stereocenters. The third kappa shape index (κ3) is 5.30. The molecule has 10 nitrogen and oxygen atoms in total. The van der Waals surface area contributed by atoms with Crippen LogP contribution in [-0.4, -0.2) is 63.6 Å². The van der Waals surface area contributed by atoms with E-state index in [-0.39, 0.29) is 31.1 Å². The predicted octanol–water partition coefficient (Wildman–Crippen LogP) is 4.53. The van der Waals surface area contributed by atoms with Crippen LogP contribution in [0, 0.1) is 0 Å². The van der Waals surface area contributed by atoms with Crippen LogP contribution in [0.1, 0.15) is 22.3 Å². The molecule has 0 aliphatic carbocycles. The molecule has 0 aliphatic rings. The maximum Gasteiger partial charge on any atom is 0.146 e. The molecule has 0 saturated heterocycles. The summed E-state index contributed by atoms with van der Waals surface area (Å²) in [5.41, 5.74) is 5.43.